The van der Waals surface area contributed by atoms with Crippen molar-refractivity contribution in [2.75, 3.05) is 47.6 Å². The van der Waals surface area contributed by atoms with Crippen molar-refractivity contribution in [1.82, 2.24) is 10.6 Å². The molecule has 2 rings (SSSR count). The molecule has 6 nitrogen and oxygen atoms in total. The molecule has 0 aliphatic heterocycles. The standard InChI is InChI=1S/C21H35N3O3/c1-22-20(24-17-21(12-15-25-2)10-4-5-11-21)23-13-7-14-27-19-9-6-8-18(16-19)26-3/h6,8-9,16H,4-5,7,10-15,17H2,1-3H3,(H2,22,23,24). The number of nitrogens with zero attached hydrogens (tertiary/aromatic N) is 1. The van der Waals surface area contributed by atoms with Crippen LogP contribution in [0.5, 0.6) is 11.5 Å². The van der Waals surface area contributed by atoms with Crippen LogP contribution in [0.25, 0.3) is 0 Å². The van der Waals surface area contributed by atoms with Crippen molar-refractivity contribution in [3.63, 3.8) is 0 Å². The number of aliphatic imine (C=N–C) groups is 1. The van der Waals surface area contributed by atoms with Gasteiger partial charge in [0, 0.05) is 39.9 Å². The second-order valence-corrected chi connectivity index (χ2v) is 7.18. The predicted molar refractivity (Wildman–Crippen MR) is 110 cm³/mol. The highest BCUT2D eigenvalue weighted by Gasteiger charge is 2.33. The average molecular weight is 378 g/mol. The van der Waals surface area contributed by atoms with Gasteiger partial charge in [0.25, 0.3) is 0 Å². The molecular weight excluding hydrogens is 342 g/mol. The average Bonchev–Trinajstić information content (AvgIpc) is 3.17. The van der Waals surface area contributed by atoms with Gasteiger partial charge in [0.15, 0.2) is 5.96 Å². The summed E-state index contributed by atoms with van der Waals surface area (Å²) in [5.41, 5.74) is 0.350. The molecule has 0 amide bonds. The van der Waals surface area contributed by atoms with Crippen LogP contribution in [-0.2, 0) is 4.74 Å². The summed E-state index contributed by atoms with van der Waals surface area (Å²) in [7, 11) is 5.26. The first-order valence-electron chi connectivity index (χ1n) is 9.92. The van der Waals surface area contributed by atoms with E-state index in [1.807, 2.05) is 31.3 Å². The number of hydrogen-bond donors (Lipinski definition) is 2. The van der Waals surface area contributed by atoms with Crippen molar-refractivity contribution in [1.29, 1.82) is 0 Å². The van der Waals surface area contributed by atoms with Crippen LogP contribution in [-0.4, -0.2) is 53.5 Å². The molecule has 0 bridgehead atoms. The Morgan fingerprint density at radius 2 is 1.89 bits per heavy atom. The lowest BCUT2D eigenvalue weighted by Crippen LogP contribution is -2.43. The number of rotatable bonds is 11. The summed E-state index contributed by atoms with van der Waals surface area (Å²) in [6.45, 7) is 3.25. The molecule has 1 fully saturated rings. The predicted octanol–water partition coefficient (Wildman–Crippen LogP) is 3.23. The largest absolute Gasteiger partial charge is 0.497 e. The molecule has 27 heavy (non-hydrogen) atoms. The molecule has 1 saturated carbocycles. The summed E-state index contributed by atoms with van der Waals surface area (Å²) in [4.78, 5) is 4.34. The maximum Gasteiger partial charge on any atom is 0.190 e. The Balaban J connectivity index is 1.66. The maximum absolute atomic E-state index is 5.77. The molecule has 2 N–H and O–H groups in total. The van der Waals surface area contributed by atoms with Crippen molar-refractivity contribution in [2.24, 2.45) is 10.4 Å². The summed E-state index contributed by atoms with van der Waals surface area (Å²) in [6, 6.07) is 7.68. The van der Waals surface area contributed by atoms with Gasteiger partial charge in [0.1, 0.15) is 11.5 Å². The first-order valence-corrected chi connectivity index (χ1v) is 9.92. The van der Waals surface area contributed by atoms with Gasteiger partial charge in [-0.25, -0.2) is 0 Å². The lowest BCUT2D eigenvalue weighted by Gasteiger charge is -2.30. The topological polar surface area (TPSA) is 64.1 Å². The van der Waals surface area contributed by atoms with E-state index in [0.717, 1.165) is 50.0 Å². The smallest absolute Gasteiger partial charge is 0.190 e. The minimum absolute atomic E-state index is 0.350. The Morgan fingerprint density at radius 1 is 1.11 bits per heavy atom. The van der Waals surface area contributed by atoms with E-state index in [1.165, 1.54) is 25.7 Å². The molecule has 1 aliphatic carbocycles. The van der Waals surface area contributed by atoms with E-state index >= 15 is 0 Å². The van der Waals surface area contributed by atoms with E-state index in [2.05, 4.69) is 15.6 Å². The van der Waals surface area contributed by atoms with Crippen molar-refractivity contribution in [3.8, 4) is 11.5 Å². The number of guanidine groups is 1. The van der Waals surface area contributed by atoms with Crippen LogP contribution in [0, 0.1) is 5.41 Å². The quantitative estimate of drug-likeness (QED) is 0.352. The van der Waals surface area contributed by atoms with Gasteiger partial charge >= 0.3 is 0 Å². The van der Waals surface area contributed by atoms with Crippen molar-refractivity contribution >= 4 is 5.96 Å². The monoisotopic (exact) mass is 377 g/mol. The van der Waals surface area contributed by atoms with Crippen LogP contribution in [0.2, 0.25) is 0 Å². The van der Waals surface area contributed by atoms with Gasteiger partial charge in [-0.3, -0.25) is 4.99 Å². The zero-order valence-corrected chi connectivity index (χ0v) is 17.1. The zero-order valence-electron chi connectivity index (χ0n) is 17.1. The van der Waals surface area contributed by atoms with Crippen LogP contribution in [0.3, 0.4) is 0 Å². The third kappa shape index (κ3) is 7.29. The molecule has 0 aromatic heterocycles. The van der Waals surface area contributed by atoms with Crippen LogP contribution in [0.1, 0.15) is 38.5 Å². The number of nitrogens with one attached hydrogen (secondary N) is 2. The highest BCUT2D eigenvalue weighted by atomic mass is 16.5. The summed E-state index contributed by atoms with van der Waals surface area (Å²) < 4.78 is 16.3. The summed E-state index contributed by atoms with van der Waals surface area (Å²) >= 11 is 0. The van der Waals surface area contributed by atoms with Crippen LogP contribution in [0.4, 0.5) is 0 Å². The lowest BCUT2D eigenvalue weighted by atomic mass is 9.83. The highest BCUT2D eigenvalue weighted by molar-refractivity contribution is 5.79. The fraction of sp³-hybridized carbons (Fsp3) is 0.667. The second-order valence-electron chi connectivity index (χ2n) is 7.18. The van der Waals surface area contributed by atoms with E-state index < -0.39 is 0 Å². The highest BCUT2D eigenvalue weighted by Crippen LogP contribution is 2.40. The molecule has 1 aliphatic rings. The van der Waals surface area contributed by atoms with E-state index in [0.29, 0.717) is 12.0 Å². The van der Waals surface area contributed by atoms with Crippen LogP contribution >= 0.6 is 0 Å². The molecule has 152 valence electrons. The minimum atomic E-state index is 0.350. The molecular formula is C21H35N3O3. The van der Waals surface area contributed by atoms with Crippen LogP contribution in [0.15, 0.2) is 29.3 Å². The fourth-order valence-electron chi connectivity index (χ4n) is 3.61. The minimum Gasteiger partial charge on any atom is -0.497 e. The van der Waals surface area contributed by atoms with Gasteiger partial charge in [-0.1, -0.05) is 18.9 Å². The van der Waals surface area contributed by atoms with Gasteiger partial charge in [-0.2, -0.15) is 0 Å². The molecule has 6 heteroatoms. The molecule has 0 radical (unpaired) electrons. The van der Waals surface area contributed by atoms with Crippen LogP contribution < -0.4 is 20.1 Å². The molecule has 0 spiro atoms. The molecule has 1 aromatic carbocycles. The fourth-order valence-corrected chi connectivity index (χ4v) is 3.61. The first-order chi connectivity index (χ1) is 13.2. The normalized spacial score (nSPS) is 16.2. The maximum atomic E-state index is 5.77. The van der Waals surface area contributed by atoms with E-state index in [4.69, 9.17) is 14.2 Å². The Kier molecular flexibility index (Phi) is 9.25. The van der Waals surface area contributed by atoms with Crippen molar-refractivity contribution in [2.45, 2.75) is 38.5 Å². The Morgan fingerprint density at radius 3 is 2.59 bits per heavy atom. The van der Waals surface area contributed by atoms with Gasteiger partial charge in [-0.05, 0) is 43.2 Å². The zero-order chi connectivity index (χ0) is 19.4. The number of ether oxygens (including phenoxy) is 3. The van der Waals surface area contributed by atoms with Gasteiger partial charge < -0.3 is 24.8 Å². The summed E-state index contributed by atoms with van der Waals surface area (Å²) in [6.07, 6.45) is 7.19. The number of methoxy groups -OCH3 is 2. The third-order valence-electron chi connectivity index (χ3n) is 5.28. The van der Waals surface area contributed by atoms with E-state index in [-0.39, 0.29) is 0 Å². The summed E-state index contributed by atoms with van der Waals surface area (Å²) in [5.74, 6) is 2.50. The first kappa shape index (κ1) is 21.4. The van der Waals surface area contributed by atoms with Gasteiger partial charge in [-0.15, -0.1) is 0 Å². The van der Waals surface area contributed by atoms with E-state index in [1.54, 1.807) is 14.2 Å². The Bertz CT molecular complexity index is 572. The SMILES string of the molecule is CN=C(NCCCOc1cccc(OC)c1)NCC1(CCOC)CCCC1. The molecule has 0 heterocycles. The van der Waals surface area contributed by atoms with Gasteiger partial charge in [0.2, 0.25) is 0 Å². The van der Waals surface area contributed by atoms with Crippen molar-refractivity contribution in [3.05, 3.63) is 24.3 Å². The Labute approximate surface area is 163 Å². The number of hydrogen-bond acceptors (Lipinski definition) is 4. The molecule has 1 aromatic rings. The lowest BCUT2D eigenvalue weighted by molar-refractivity contribution is 0.138. The third-order valence-corrected chi connectivity index (χ3v) is 5.28. The van der Waals surface area contributed by atoms with Gasteiger partial charge in [0.05, 0.1) is 13.7 Å². The molecule has 0 saturated heterocycles. The van der Waals surface area contributed by atoms with E-state index in [9.17, 15) is 0 Å². The summed E-state index contributed by atoms with van der Waals surface area (Å²) in [5, 5.41) is 6.89. The molecule has 0 unspecified atom stereocenters. The second kappa shape index (κ2) is 11.7. The Hall–Kier alpha value is -1.95. The van der Waals surface area contributed by atoms with Crippen molar-refractivity contribution < 1.29 is 14.2 Å². The molecule has 0 atom stereocenters. The number of benzene rings is 1.